The average Bonchev–Trinajstić information content (AvgIpc) is 2.98. The summed E-state index contributed by atoms with van der Waals surface area (Å²) in [4.78, 5) is 23.2. The first-order chi connectivity index (χ1) is 11.7. The molecule has 1 amide bonds. The quantitative estimate of drug-likeness (QED) is 0.841. The van der Waals surface area contributed by atoms with Gasteiger partial charge >= 0.3 is 5.97 Å². The highest BCUT2D eigenvalue weighted by molar-refractivity contribution is 6.05. The number of amides is 1. The van der Waals surface area contributed by atoms with Crippen molar-refractivity contribution in [3.05, 3.63) is 47.3 Å². The standard InChI is InChI=1S/C19H25N3O3/c1-5-16-15(12-20-22(16)19(2,3)4)18(25)21-14-9-6-13(7-10-14)8-11-17(23)24/h6-7,9-10,12H,5,8,11H2,1-4H3,(H,21,25)(H,23,24). The minimum absolute atomic E-state index is 0.0948. The van der Waals surface area contributed by atoms with Gasteiger partial charge in [0.05, 0.1) is 23.0 Å². The van der Waals surface area contributed by atoms with Crippen molar-refractivity contribution < 1.29 is 14.7 Å². The monoisotopic (exact) mass is 343 g/mol. The molecule has 0 saturated carbocycles. The first-order valence-corrected chi connectivity index (χ1v) is 8.42. The van der Waals surface area contributed by atoms with Crippen LogP contribution in [-0.4, -0.2) is 26.8 Å². The molecule has 0 fully saturated rings. The Kier molecular flexibility index (Phi) is 5.62. The minimum Gasteiger partial charge on any atom is -0.481 e. The average molecular weight is 343 g/mol. The van der Waals surface area contributed by atoms with Gasteiger partial charge in [-0.25, -0.2) is 0 Å². The van der Waals surface area contributed by atoms with Crippen LogP contribution >= 0.6 is 0 Å². The summed E-state index contributed by atoms with van der Waals surface area (Å²) >= 11 is 0. The molecule has 0 spiro atoms. The van der Waals surface area contributed by atoms with E-state index in [1.54, 1.807) is 18.3 Å². The second-order valence-electron chi connectivity index (χ2n) is 6.99. The van der Waals surface area contributed by atoms with E-state index in [1.807, 2.05) is 23.7 Å². The van der Waals surface area contributed by atoms with E-state index in [0.29, 0.717) is 24.1 Å². The van der Waals surface area contributed by atoms with Crippen molar-refractivity contribution in [2.75, 3.05) is 5.32 Å². The number of carbonyl (C=O) groups is 2. The second kappa shape index (κ2) is 7.51. The summed E-state index contributed by atoms with van der Waals surface area (Å²) in [5.74, 6) is -1.01. The van der Waals surface area contributed by atoms with Crippen LogP contribution in [0.2, 0.25) is 0 Å². The third-order valence-electron chi connectivity index (χ3n) is 3.92. The van der Waals surface area contributed by atoms with Crippen LogP contribution < -0.4 is 5.32 Å². The molecule has 2 N–H and O–H groups in total. The van der Waals surface area contributed by atoms with Gasteiger partial charge < -0.3 is 10.4 Å². The normalized spacial score (nSPS) is 11.4. The molecule has 0 unspecified atom stereocenters. The van der Waals surface area contributed by atoms with Crippen molar-refractivity contribution in [2.24, 2.45) is 0 Å². The maximum atomic E-state index is 12.6. The molecule has 0 bridgehead atoms. The van der Waals surface area contributed by atoms with E-state index in [-0.39, 0.29) is 17.9 Å². The Hall–Kier alpha value is -2.63. The van der Waals surface area contributed by atoms with E-state index in [4.69, 9.17) is 5.11 Å². The lowest BCUT2D eigenvalue weighted by atomic mass is 10.1. The molecule has 2 aromatic rings. The Bertz CT molecular complexity index is 755. The Labute approximate surface area is 147 Å². The molecule has 134 valence electrons. The van der Waals surface area contributed by atoms with E-state index >= 15 is 0 Å². The van der Waals surface area contributed by atoms with Crippen LogP contribution in [0.4, 0.5) is 5.69 Å². The summed E-state index contributed by atoms with van der Waals surface area (Å²) in [6.45, 7) is 8.16. The number of carboxylic acid groups (broad SMARTS) is 1. The number of nitrogens with zero attached hydrogens (tertiary/aromatic N) is 2. The van der Waals surface area contributed by atoms with E-state index in [9.17, 15) is 9.59 Å². The summed E-state index contributed by atoms with van der Waals surface area (Å²) in [7, 11) is 0. The highest BCUT2D eigenvalue weighted by atomic mass is 16.4. The van der Waals surface area contributed by atoms with Crippen LogP contribution in [0.5, 0.6) is 0 Å². The molecule has 2 rings (SSSR count). The number of benzene rings is 1. The number of hydrogen-bond acceptors (Lipinski definition) is 3. The molecule has 6 heteroatoms. The molecule has 1 heterocycles. The van der Waals surface area contributed by atoms with Gasteiger partial charge in [0.15, 0.2) is 0 Å². The van der Waals surface area contributed by atoms with Crippen molar-refractivity contribution in [3.8, 4) is 0 Å². The first kappa shape index (κ1) is 18.7. The topological polar surface area (TPSA) is 84.2 Å². The molecule has 25 heavy (non-hydrogen) atoms. The van der Waals surface area contributed by atoms with Crippen LogP contribution in [-0.2, 0) is 23.2 Å². The van der Waals surface area contributed by atoms with Gasteiger partial charge in [-0.2, -0.15) is 5.10 Å². The molecular weight excluding hydrogens is 318 g/mol. The lowest BCUT2D eigenvalue weighted by Crippen LogP contribution is -2.26. The lowest BCUT2D eigenvalue weighted by molar-refractivity contribution is -0.136. The van der Waals surface area contributed by atoms with Crippen LogP contribution in [0.25, 0.3) is 0 Å². The molecule has 0 atom stereocenters. The zero-order chi connectivity index (χ0) is 18.6. The summed E-state index contributed by atoms with van der Waals surface area (Å²) in [5.41, 5.74) is 2.90. The molecule has 0 aliphatic heterocycles. The highest BCUT2D eigenvalue weighted by Crippen LogP contribution is 2.21. The minimum atomic E-state index is -0.819. The summed E-state index contributed by atoms with van der Waals surface area (Å²) in [5, 5.41) is 16.0. The zero-order valence-electron chi connectivity index (χ0n) is 15.2. The molecule has 0 radical (unpaired) electrons. The van der Waals surface area contributed by atoms with E-state index in [1.165, 1.54) is 0 Å². The van der Waals surface area contributed by atoms with Gasteiger partial charge in [0.2, 0.25) is 0 Å². The maximum Gasteiger partial charge on any atom is 0.303 e. The fourth-order valence-electron chi connectivity index (χ4n) is 2.69. The fourth-order valence-corrected chi connectivity index (χ4v) is 2.69. The maximum absolute atomic E-state index is 12.6. The fraction of sp³-hybridized carbons (Fsp3) is 0.421. The molecule has 6 nitrogen and oxygen atoms in total. The van der Waals surface area contributed by atoms with Crippen molar-refractivity contribution in [3.63, 3.8) is 0 Å². The Morgan fingerprint density at radius 1 is 1.20 bits per heavy atom. The molecular formula is C19H25N3O3. The predicted octanol–water partition coefficient (Wildman–Crippen LogP) is 3.47. The number of hydrogen-bond donors (Lipinski definition) is 2. The largest absolute Gasteiger partial charge is 0.481 e. The predicted molar refractivity (Wildman–Crippen MR) is 97.0 cm³/mol. The molecule has 0 aliphatic carbocycles. The van der Waals surface area contributed by atoms with E-state index in [0.717, 1.165) is 11.3 Å². The molecule has 0 saturated heterocycles. The SMILES string of the molecule is CCc1c(C(=O)Nc2ccc(CCC(=O)O)cc2)cnn1C(C)(C)C. The van der Waals surface area contributed by atoms with Gasteiger partial charge in [-0.3, -0.25) is 14.3 Å². The van der Waals surface area contributed by atoms with E-state index in [2.05, 4.69) is 31.2 Å². The Morgan fingerprint density at radius 2 is 1.84 bits per heavy atom. The lowest BCUT2D eigenvalue weighted by Gasteiger charge is -2.22. The van der Waals surface area contributed by atoms with Crippen molar-refractivity contribution in [2.45, 2.75) is 52.5 Å². The second-order valence-corrected chi connectivity index (χ2v) is 6.99. The van der Waals surface area contributed by atoms with Crippen molar-refractivity contribution >= 4 is 17.6 Å². The van der Waals surface area contributed by atoms with Crippen molar-refractivity contribution in [1.82, 2.24) is 9.78 Å². The van der Waals surface area contributed by atoms with Crippen molar-refractivity contribution in [1.29, 1.82) is 0 Å². The van der Waals surface area contributed by atoms with Gasteiger partial charge in [-0.15, -0.1) is 0 Å². The van der Waals surface area contributed by atoms with Gasteiger partial charge in [-0.1, -0.05) is 19.1 Å². The van der Waals surface area contributed by atoms with Gasteiger partial charge in [0, 0.05) is 12.1 Å². The molecule has 1 aromatic heterocycles. The number of anilines is 1. The smallest absolute Gasteiger partial charge is 0.303 e. The highest BCUT2D eigenvalue weighted by Gasteiger charge is 2.23. The number of aromatic nitrogens is 2. The molecule has 1 aromatic carbocycles. The van der Waals surface area contributed by atoms with Crippen LogP contribution in [0.3, 0.4) is 0 Å². The Balaban J connectivity index is 2.12. The third-order valence-corrected chi connectivity index (χ3v) is 3.92. The van der Waals surface area contributed by atoms with Crippen LogP contribution in [0.15, 0.2) is 30.5 Å². The zero-order valence-corrected chi connectivity index (χ0v) is 15.2. The number of rotatable bonds is 6. The van der Waals surface area contributed by atoms with E-state index < -0.39 is 5.97 Å². The van der Waals surface area contributed by atoms with Gasteiger partial charge in [-0.05, 0) is 51.3 Å². The number of aryl methyl sites for hydroxylation is 1. The third kappa shape index (κ3) is 4.68. The van der Waals surface area contributed by atoms with Gasteiger partial charge in [0.25, 0.3) is 5.91 Å². The summed E-state index contributed by atoms with van der Waals surface area (Å²) < 4.78 is 1.89. The Morgan fingerprint density at radius 3 is 2.36 bits per heavy atom. The van der Waals surface area contributed by atoms with Crippen LogP contribution in [0.1, 0.15) is 55.7 Å². The van der Waals surface area contributed by atoms with Crippen LogP contribution in [0, 0.1) is 0 Å². The number of nitrogens with one attached hydrogen (secondary N) is 1. The first-order valence-electron chi connectivity index (χ1n) is 8.42. The molecule has 0 aliphatic rings. The summed E-state index contributed by atoms with van der Waals surface area (Å²) in [6, 6.07) is 7.24. The summed E-state index contributed by atoms with van der Waals surface area (Å²) in [6.07, 6.45) is 2.90. The number of carboxylic acids is 1. The number of aliphatic carboxylic acids is 1. The number of carbonyl (C=O) groups excluding carboxylic acids is 1. The van der Waals surface area contributed by atoms with Gasteiger partial charge in [0.1, 0.15) is 0 Å².